The topological polar surface area (TPSA) is 112 Å². The van der Waals surface area contributed by atoms with Crippen molar-refractivity contribution in [2.45, 2.75) is 184 Å². The second kappa shape index (κ2) is 17.2. The molecule has 2 saturated heterocycles. The molecule has 6 unspecified atom stereocenters. The molecule has 0 radical (unpaired) electrons. The van der Waals surface area contributed by atoms with Gasteiger partial charge < -0.3 is 29.2 Å². The fourth-order valence-corrected chi connectivity index (χ4v) is 18.5. The zero-order valence-corrected chi connectivity index (χ0v) is 38.7. The van der Waals surface area contributed by atoms with Gasteiger partial charge in [0.25, 0.3) is 0 Å². The van der Waals surface area contributed by atoms with Gasteiger partial charge in [-0.25, -0.2) is 0 Å². The number of ether oxygens (including phenoxy) is 4. The highest BCUT2D eigenvalue weighted by molar-refractivity contribution is 5.91. The third-order valence-electron chi connectivity index (χ3n) is 21.5. The molecule has 10 aliphatic rings. The Hall–Kier alpha value is -1.16. The minimum absolute atomic E-state index is 0. The van der Waals surface area contributed by atoms with E-state index in [1.165, 1.54) is 56.9 Å². The minimum atomic E-state index is -0.317. The van der Waals surface area contributed by atoms with Crippen molar-refractivity contribution in [2.75, 3.05) is 26.4 Å². The van der Waals surface area contributed by atoms with E-state index < -0.39 is 0 Å². The molecule has 0 bridgehead atoms. The Labute approximate surface area is 369 Å². The van der Waals surface area contributed by atoms with E-state index in [0.717, 1.165) is 58.5 Å². The van der Waals surface area contributed by atoms with E-state index >= 15 is 0 Å². The van der Waals surface area contributed by atoms with Gasteiger partial charge in [0.15, 0.2) is 18.4 Å². The first-order valence-corrected chi connectivity index (χ1v) is 25.2. The van der Waals surface area contributed by atoms with Crippen LogP contribution in [0.2, 0.25) is 0 Å². The van der Waals surface area contributed by atoms with Crippen molar-refractivity contribution in [2.24, 2.45) is 98.6 Å². The summed E-state index contributed by atoms with van der Waals surface area (Å²) in [6.45, 7) is 21.9. The lowest BCUT2D eigenvalue weighted by atomic mass is 9.41. The van der Waals surface area contributed by atoms with Crippen LogP contribution in [0, 0.1) is 98.6 Å². The molecule has 9 fully saturated rings. The van der Waals surface area contributed by atoms with Crippen LogP contribution in [-0.2, 0) is 28.5 Å². The average molecular weight is 851 g/mol. The molecular formula is C53H86O8. The average Bonchev–Trinajstić information content (AvgIpc) is 4.06. The number of hydrogen-bond donors (Lipinski definition) is 2. The molecule has 346 valence electrons. The smallest absolute Gasteiger partial charge is 0.160 e. The van der Waals surface area contributed by atoms with Gasteiger partial charge in [0.05, 0.1) is 38.6 Å². The first-order chi connectivity index (χ1) is 28.6. The van der Waals surface area contributed by atoms with Gasteiger partial charge in [-0.05, 0) is 158 Å². The second-order valence-electron chi connectivity index (χ2n) is 23.4. The minimum Gasteiger partial charge on any atom is -0.393 e. The van der Waals surface area contributed by atoms with Crippen molar-refractivity contribution in [3.8, 4) is 0 Å². The van der Waals surface area contributed by atoms with Crippen LogP contribution in [0.4, 0.5) is 0 Å². The van der Waals surface area contributed by atoms with Crippen molar-refractivity contribution >= 4 is 11.6 Å². The molecule has 10 rings (SSSR count). The third kappa shape index (κ3) is 7.17. The van der Waals surface area contributed by atoms with Crippen molar-refractivity contribution in [3.63, 3.8) is 0 Å². The summed E-state index contributed by atoms with van der Waals surface area (Å²) in [4.78, 5) is 24.6. The molecule has 0 aromatic carbocycles. The number of rotatable bonds is 6. The Balaban J connectivity index is 0.000000166. The Morgan fingerprint density at radius 2 is 1.13 bits per heavy atom. The number of aliphatic hydroxyl groups is 2. The monoisotopic (exact) mass is 851 g/mol. The van der Waals surface area contributed by atoms with Crippen molar-refractivity contribution in [3.05, 3.63) is 11.6 Å². The summed E-state index contributed by atoms with van der Waals surface area (Å²) in [6.07, 6.45) is 17.0. The van der Waals surface area contributed by atoms with E-state index in [0.29, 0.717) is 83.7 Å². The quantitative estimate of drug-likeness (QED) is 0.272. The molecule has 19 atom stereocenters. The van der Waals surface area contributed by atoms with Gasteiger partial charge in [-0.2, -0.15) is 0 Å². The van der Waals surface area contributed by atoms with Crippen LogP contribution >= 0.6 is 0 Å². The Kier molecular flexibility index (Phi) is 13.1. The lowest BCUT2D eigenvalue weighted by Crippen LogP contribution is -2.62. The van der Waals surface area contributed by atoms with Gasteiger partial charge in [-0.15, -0.1) is 0 Å². The number of carbonyl (C=O) groups is 2. The number of carbonyl (C=O) groups excluding carboxylic acids is 2. The van der Waals surface area contributed by atoms with E-state index in [-0.39, 0.29) is 71.5 Å². The molecule has 8 heteroatoms. The van der Waals surface area contributed by atoms with E-state index in [2.05, 4.69) is 55.4 Å². The maximum atomic E-state index is 12.4. The largest absolute Gasteiger partial charge is 0.393 e. The summed E-state index contributed by atoms with van der Waals surface area (Å²) in [5, 5.41) is 23.4. The molecule has 8 nitrogen and oxygen atoms in total. The summed E-state index contributed by atoms with van der Waals surface area (Å²) in [7, 11) is 0. The Morgan fingerprint density at radius 1 is 0.623 bits per heavy atom. The second-order valence-corrected chi connectivity index (χ2v) is 23.4. The molecule has 0 spiro atoms. The molecule has 0 aromatic heterocycles. The highest BCUT2D eigenvalue weighted by atomic mass is 16.7. The predicted octanol–water partition coefficient (Wildman–Crippen LogP) is 10.2. The molecule has 0 aromatic rings. The number of hydrogen-bond acceptors (Lipinski definition) is 8. The number of fused-ring (bicyclic) bond motifs is 10. The van der Waals surface area contributed by atoms with Crippen molar-refractivity contribution in [1.82, 2.24) is 0 Å². The van der Waals surface area contributed by atoms with Crippen LogP contribution < -0.4 is 0 Å². The third-order valence-corrected chi connectivity index (χ3v) is 21.5. The standard InChI is InChI=1S/C26H42O4.C26H40O4.CH4/c2*1-5-17-21-14-16(27)8-10-26(21,4)20-9-11-25(3)18(15(2)24-29-12-13-30-24)6-7-19(25)22(20)23(17)28;/h15,17-24,28H,5-14H2,1-4H3;14-15,17-20,22-24,28H,5-13H2,1-4H3;1H4/t15-,17-,18+,19?,20?,21-,22?,23+,25+,26+;15-,17-,18+,19?,20?,22?,23+,25+,26+;/m00./s1. The van der Waals surface area contributed by atoms with Gasteiger partial charge in [0.1, 0.15) is 5.78 Å². The summed E-state index contributed by atoms with van der Waals surface area (Å²) < 4.78 is 23.6. The van der Waals surface area contributed by atoms with Crippen LogP contribution in [0.5, 0.6) is 0 Å². The first-order valence-electron chi connectivity index (χ1n) is 25.2. The maximum absolute atomic E-state index is 12.4. The first kappa shape index (κ1) is 46.4. The van der Waals surface area contributed by atoms with Gasteiger partial charge in [-0.3, -0.25) is 9.59 Å². The molecule has 2 heterocycles. The highest BCUT2D eigenvalue weighted by Crippen LogP contribution is 2.71. The Bertz CT molecular complexity index is 1630. The molecule has 2 N–H and O–H groups in total. The summed E-state index contributed by atoms with van der Waals surface area (Å²) in [5.41, 5.74) is 2.09. The van der Waals surface area contributed by atoms with Crippen molar-refractivity contribution in [1.29, 1.82) is 0 Å². The van der Waals surface area contributed by atoms with E-state index in [1.54, 1.807) is 0 Å². The molecule has 0 amide bonds. The zero-order valence-electron chi connectivity index (χ0n) is 38.7. The SMILES string of the molecule is C.CC[C@@H]1[C@@H](O)C2C3CC[C@H]([C@H](C)C4OCCO4)[C@@]3(C)CCC2[C@@]2(C)CCC(=O)C[C@@H]12.CC[C@H]1C2=CC(=O)CC[C@]2(C)C2CC[C@@]3(C)C(CC[C@@H]3[C@H](C)C3OCCO3)C2[C@@H]1O. The normalized spacial score (nSPS) is 50.4. The lowest BCUT2D eigenvalue weighted by Gasteiger charge is -2.64. The number of aliphatic hydroxyl groups excluding tert-OH is 2. The molecular weight excluding hydrogens is 765 g/mol. The zero-order chi connectivity index (χ0) is 42.5. The summed E-state index contributed by atoms with van der Waals surface area (Å²) in [6, 6.07) is 0. The van der Waals surface area contributed by atoms with Crippen molar-refractivity contribution < 1.29 is 38.7 Å². The van der Waals surface area contributed by atoms with Gasteiger partial charge in [-0.1, -0.05) is 74.8 Å². The molecule has 7 saturated carbocycles. The van der Waals surface area contributed by atoms with Crippen LogP contribution in [0.1, 0.15) is 159 Å². The van der Waals surface area contributed by atoms with Gasteiger partial charge in [0, 0.05) is 37.0 Å². The van der Waals surface area contributed by atoms with E-state index in [4.69, 9.17) is 18.9 Å². The predicted molar refractivity (Wildman–Crippen MR) is 238 cm³/mol. The highest BCUT2D eigenvalue weighted by Gasteiger charge is 2.66. The van der Waals surface area contributed by atoms with E-state index in [1.807, 2.05) is 6.08 Å². The Morgan fingerprint density at radius 3 is 1.66 bits per heavy atom. The van der Waals surface area contributed by atoms with E-state index in [9.17, 15) is 19.8 Å². The fraction of sp³-hybridized carbons (Fsp3) is 0.925. The van der Waals surface area contributed by atoms with Crippen LogP contribution in [0.25, 0.3) is 0 Å². The van der Waals surface area contributed by atoms with Crippen LogP contribution in [0.3, 0.4) is 0 Å². The number of Topliss-reactive ketones (excluding diaryl/α,β-unsaturated/α-hetero) is 1. The summed E-state index contributed by atoms with van der Waals surface area (Å²) >= 11 is 0. The maximum Gasteiger partial charge on any atom is 0.160 e. The molecule has 8 aliphatic carbocycles. The van der Waals surface area contributed by atoms with Gasteiger partial charge in [0.2, 0.25) is 0 Å². The van der Waals surface area contributed by atoms with Crippen LogP contribution in [-0.4, -0.2) is 73.0 Å². The van der Waals surface area contributed by atoms with Crippen LogP contribution in [0.15, 0.2) is 11.6 Å². The number of ketones is 2. The lowest BCUT2D eigenvalue weighted by molar-refractivity contribution is -0.198. The molecule has 2 aliphatic heterocycles. The fourth-order valence-electron chi connectivity index (χ4n) is 18.5. The van der Waals surface area contributed by atoms with Gasteiger partial charge >= 0.3 is 0 Å². The summed E-state index contributed by atoms with van der Waals surface area (Å²) in [5.74, 6) is 6.47. The molecule has 61 heavy (non-hydrogen) atoms.